The van der Waals surface area contributed by atoms with Crippen molar-refractivity contribution in [3.63, 3.8) is 0 Å². The van der Waals surface area contributed by atoms with Crippen LogP contribution in [0.2, 0.25) is 0 Å². The lowest BCUT2D eigenvalue weighted by atomic mass is 10.1. The highest BCUT2D eigenvalue weighted by molar-refractivity contribution is 5.98. The van der Waals surface area contributed by atoms with Crippen molar-refractivity contribution in [1.82, 2.24) is 10.6 Å². The number of esters is 1. The van der Waals surface area contributed by atoms with Gasteiger partial charge in [-0.2, -0.15) is 0 Å². The van der Waals surface area contributed by atoms with Gasteiger partial charge in [-0.15, -0.1) is 0 Å². The lowest BCUT2D eigenvalue weighted by molar-refractivity contribution is -0.123. The van der Waals surface area contributed by atoms with Crippen molar-refractivity contribution < 1.29 is 27.9 Å². The molecule has 0 unspecified atom stereocenters. The molecule has 0 bridgehead atoms. The molecule has 3 amide bonds. The average Bonchev–Trinajstić information content (AvgIpc) is 2.81. The van der Waals surface area contributed by atoms with Gasteiger partial charge in [0.05, 0.1) is 0 Å². The molecule has 22 heavy (non-hydrogen) atoms. The third-order valence-corrected chi connectivity index (χ3v) is 2.90. The number of nitrogens with one attached hydrogen (secondary N) is 2. The largest absolute Gasteiger partial charge is 0.450 e. The van der Waals surface area contributed by atoms with Gasteiger partial charge in [0.2, 0.25) is 5.76 Å². The molecule has 2 N–H and O–H groups in total. The molecule has 7 nitrogen and oxygen atoms in total. The Balaban J connectivity index is 2.08. The van der Waals surface area contributed by atoms with E-state index in [1.807, 2.05) is 5.32 Å². The second-order valence-electron chi connectivity index (χ2n) is 4.40. The molecule has 0 aliphatic heterocycles. The smallest absolute Gasteiger partial charge is 0.375 e. The van der Waals surface area contributed by atoms with Crippen LogP contribution in [0.15, 0.2) is 22.6 Å². The number of hydrogen-bond donors (Lipinski definition) is 2. The van der Waals surface area contributed by atoms with Crippen LogP contribution in [0.4, 0.5) is 9.18 Å². The molecule has 0 saturated heterocycles. The third-order valence-electron chi connectivity index (χ3n) is 2.90. The fourth-order valence-electron chi connectivity index (χ4n) is 1.81. The number of urea groups is 1. The molecule has 1 heterocycles. The van der Waals surface area contributed by atoms with Gasteiger partial charge in [0.25, 0.3) is 5.91 Å². The first-order valence-electron chi connectivity index (χ1n) is 6.29. The van der Waals surface area contributed by atoms with Crippen molar-refractivity contribution in [1.29, 1.82) is 0 Å². The van der Waals surface area contributed by atoms with Crippen molar-refractivity contribution >= 4 is 28.9 Å². The van der Waals surface area contributed by atoms with Crippen LogP contribution >= 0.6 is 0 Å². The van der Waals surface area contributed by atoms with Gasteiger partial charge in [0, 0.05) is 18.0 Å². The SMILES string of the molecule is CNC(=O)NC(=O)COC(=O)c1oc2ccc(F)cc2c1C. The van der Waals surface area contributed by atoms with E-state index in [2.05, 4.69) is 5.32 Å². The van der Waals surface area contributed by atoms with Crippen LogP contribution in [0.5, 0.6) is 0 Å². The van der Waals surface area contributed by atoms with Gasteiger partial charge in [-0.1, -0.05) is 0 Å². The van der Waals surface area contributed by atoms with E-state index in [1.165, 1.54) is 25.2 Å². The maximum atomic E-state index is 13.2. The van der Waals surface area contributed by atoms with Gasteiger partial charge in [-0.05, 0) is 25.1 Å². The zero-order valence-corrected chi connectivity index (χ0v) is 11.9. The van der Waals surface area contributed by atoms with Crippen molar-refractivity contribution in [2.45, 2.75) is 6.92 Å². The topological polar surface area (TPSA) is 97.6 Å². The molecule has 8 heteroatoms. The molecule has 0 spiro atoms. The summed E-state index contributed by atoms with van der Waals surface area (Å²) in [6.07, 6.45) is 0. The summed E-state index contributed by atoms with van der Waals surface area (Å²) in [5.74, 6) is -2.23. The van der Waals surface area contributed by atoms with E-state index in [4.69, 9.17) is 9.15 Å². The summed E-state index contributed by atoms with van der Waals surface area (Å²) in [4.78, 5) is 34.1. The van der Waals surface area contributed by atoms with Crippen LogP contribution in [0.1, 0.15) is 16.1 Å². The Morgan fingerprint density at radius 3 is 2.73 bits per heavy atom. The number of halogens is 1. The van der Waals surface area contributed by atoms with Crippen molar-refractivity contribution in [2.75, 3.05) is 13.7 Å². The van der Waals surface area contributed by atoms with Crippen molar-refractivity contribution in [3.05, 3.63) is 35.3 Å². The van der Waals surface area contributed by atoms with E-state index >= 15 is 0 Å². The Hall–Kier alpha value is -2.90. The number of hydrogen-bond acceptors (Lipinski definition) is 5. The number of fused-ring (bicyclic) bond motifs is 1. The second kappa shape index (κ2) is 6.25. The molecular formula is C14H13FN2O5. The maximum absolute atomic E-state index is 13.2. The lowest BCUT2D eigenvalue weighted by Crippen LogP contribution is -2.39. The number of amides is 3. The Morgan fingerprint density at radius 2 is 2.05 bits per heavy atom. The van der Waals surface area contributed by atoms with Gasteiger partial charge in [0.1, 0.15) is 11.4 Å². The normalized spacial score (nSPS) is 10.3. The lowest BCUT2D eigenvalue weighted by Gasteiger charge is -2.04. The highest BCUT2D eigenvalue weighted by Crippen LogP contribution is 2.26. The molecular weight excluding hydrogens is 295 g/mol. The average molecular weight is 308 g/mol. The summed E-state index contributed by atoms with van der Waals surface area (Å²) < 4.78 is 23.2. The Morgan fingerprint density at radius 1 is 1.32 bits per heavy atom. The summed E-state index contributed by atoms with van der Waals surface area (Å²) in [6.45, 7) is 0.934. The minimum absolute atomic E-state index is 0.117. The van der Waals surface area contributed by atoms with Gasteiger partial charge >= 0.3 is 12.0 Å². The highest BCUT2D eigenvalue weighted by atomic mass is 19.1. The molecule has 116 valence electrons. The molecule has 0 fully saturated rings. The van der Waals surface area contributed by atoms with Crippen LogP contribution < -0.4 is 10.6 Å². The molecule has 0 saturated carbocycles. The Labute approximate surface area is 124 Å². The van der Waals surface area contributed by atoms with Gasteiger partial charge < -0.3 is 14.5 Å². The maximum Gasteiger partial charge on any atom is 0.375 e. The monoisotopic (exact) mass is 308 g/mol. The number of ether oxygens (including phenoxy) is 1. The molecule has 0 atom stereocenters. The van der Waals surface area contributed by atoms with E-state index in [9.17, 15) is 18.8 Å². The predicted octanol–water partition coefficient (Wildman–Crippen LogP) is 1.49. The molecule has 2 aromatic rings. The van der Waals surface area contributed by atoms with Crippen LogP contribution in [0.3, 0.4) is 0 Å². The first kappa shape index (κ1) is 15.5. The fraction of sp³-hybridized carbons (Fsp3) is 0.214. The van der Waals surface area contributed by atoms with E-state index in [0.29, 0.717) is 16.5 Å². The highest BCUT2D eigenvalue weighted by Gasteiger charge is 2.20. The predicted molar refractivity (Wildman–Crippen MR) is 73.8 cm³/mol. The standard InChI is InChI=1S/C14H13FN2O5/c1-7-9-5-8(15)3-4-10(9)22-12(7)13(19)21-6-11(18)17-14(20)16-2/h3-5H,6H2,1-2H3,(H2,16,17,18,20). The van der Waals surface area contributed by atoms with Gasteiger partial charge in [0.15, 0.2) is 6.61 Å². The number of benzene rings is 1. The molecule has 2 rings (SSSR count). The minimum atomic E-state index is -0.874. The summed E-state index contributed by atoms with van der Waals surface area (Å²) in [6, 6.07) is 3.13. The Kier molecular flexibility index (Phi) is 4.40. The molecule has 1 aromatic carbocycles. The van der Waals surface area contributed by atoms with E-state index < -0.39 is 30.3 Å². The number of imide groups is 1. The number of carbonyl (C=O) groups is 3. The van der Waals surface area contributed by atoms with E-state index in [0.717, 1.165) is 0 Å². The zero-order chi connectivity index (χ0) is 16.3. The third kappa shape index (κ3) is 3.22. The van der Waals surface area contributed by atoms with E-state index in [1.54, 1.807) is 6.92 Å². The molecule has 1 aromatic heterocycles. The number of aryl methyl sites for hydroxylation is 1. The quantitative estimate of drug-likeness (QED) is 0.837. The summed E-state index contributed by atoms with van der Waals surface area (Å²) >= 11 is 0. The van der Waals surface area contributed by atoms with Crippen LogP contribution in [0.25, 0.3) is 11.0 Å². The summed E-state index contributed by atoms with van der Waals surface area (Å²) in [7, 11) is 1.34. The molecule has 0 radical (unpaired) electrons. The minimum Gasteiger partial charge on any atom is -0.450 e. The second-order valence-corrected chi connectivity index (χ2v) is 4.40. The number of furan rings is 1. The van der Waals surface area contributed by atoms with Gasteiger partial charge in [-0.3, -0.25) is 10.1 Å². The molecule has 0 aliphatic carbocycles. The van der Waals surface area contributed by atoms with Crippen LogP contribution in [-0.4, -0.2) is 31.6 Å². The van der Waals surface area contributed by atoms with Crippen LogP contribution in [-0.2, 0) is 9.53 Å². The van der Waals surface area contributed by atoms with E-state index in [-0.39, 0.29) is 5.76 Å². The fourth-order valence-corrected chi connectivity index (χ4v) is 1.81. The molecule has 0 aliphatic rings. The van der Waals surface area contributed by atoms with Gasteiger partial charge in [-0.25, -0.2) is 14.0 Å². The first-order chi connectivity index (χ1) is 10.4. The zero-order valence-electron chi connectivity index (χ0n) is 11.9. The van der Waals surface area contributed by atoms with Crippen molar-refractivity contribution in [2.24, 2.45) is 0 Å². The number of rotatable bonds is 3. The number of carbonyl (C=O) groups excluding carboxylic acids is 3. The van der Waals surface area contributed by atoms with Crippen molar-refractivity contribution in [3.8, 4) is 0 Å². The summed E-state index contributed by atoms with van der Waals surface area (Å²) in [5.41, 5.74) is 0.742. The Bertz CT molecular complexity index is 753. The summed E-state index contributed by atoms with van der Waals surface area (Å²) in [5, 5.41) is 4.57. The first-order valence-corrected chi connectivity index (χ1v) is 6.29. The van der Waals surface area contributed by atoms with Crippen LogP contribution in [0, 0.1) is 12.7 Å².